The molecule has 0 aliphatic rings. The van der Waals surface area contributed by atoms with Crippen molar-refractivity contribution in [3.63, 3.8) is 0 Å². The van der Waals surface area contributed by atoms with E-state index in [2.05, 4.69) is 0 Å². The molecule has 0 aromatic heterocycles. The quantitative estimate of drug-likeness (QED) is 0.205. The molecule has 2 nitrogen and oxygen atoms in total. The van der Waals surface area contributed by atoms with Crippen molar-refractivity contribution in [1.82, 2.24) is 0 Å². The van der Waals surface area contributed by atoms with Gasteiger partial charge in [0, 0.05) is 22.1 Å². The van der Waals surface area contributed by atoms with Gasteiger partial charge in [0.25, 0.3) is 0 Å². The summed E-state index contributed by atoms with van der Waals surface area (Å²) in [6.45, 7) is 0. The van der Waals surface area contributed by atoms with E-state index in [0.29, 0.717) is 16.1 Å². The van der Waals surface area contributed by atoms with Crippen LogP contribution in [-0.2, 0) is 0 Å². The van der Waals surface area contributed by atoms with E-state index < -0.39 is 11.8 Å². The highest BCUT2D eigenvalue weighted by molar-refractivity contribution is 6.30. The van der Waals surface area contributed by atoms with Gasteiger partial charge < -0.3 is 0 Å². The van der Waals surface area contributed by atoms with Gasteiger partial charge in [0.05, 0.1) is 5.92 Å². The Morgan fingerprint density at radius 3 is 1.67 bits per heavy atom. The number of rotatable bonds is 8. The fourth-order valence-corrected chi connectivity index (χ4v) is 4.02. The fourth-order valence-electron chi connectivity index (χ4n) is 3.89. The Balaban J connectivity index is 1.83. The lowest BCUT2D eigenvalue weighted by Crippen LogP contribution is -2.30. The molecule has 0 radical (unpaired) electrons. The zero-order valence-electron chi connectivity index (χ0n) is 18.0. The smallest absolute Gasteiger partial charge is 0.174 e. The van der Waals surface area contributed by atoms with Crippen molar-refractivity contribution in [2.45, 2.75) is 5.92 Å². The second-order valence-electron chi connectivity index (χ2n) is 7.79. The van der Waals surface area contributed by atoms with E-state index in [1.54, 1.807) is 36.4 Å². The van der Waals surface area contributed by atoms with Crippen LogP contribution in [0.1, 0.15) is 37.8 Å². The molecule has 4 rings (SSSR count). The fraction of sp³-hybridized carbons (Fsp3) is 0.0667. The number of benzene rings is 4. The lowest BCUT2D eigenvalue weighted by atomic mass is 9.76. The summed E-state index contributed by atoms with van der Waals surface area (Å²) >= 11 is 6.04. The second kappa shape index (κ2) is 10.7. The number of carbonyl (C=O) groups is 2. The standard InChI is InChI=1S/C30H23ClO2/c31-26-19-17-25(18-20-26)30(33)28(29(32)24-14-8-3-9-15-24)27(23-12-6-2-7-13-23)21-16-22-10-4-1-5-11-22/h1-21,27-28H/b21-16+. The zero-order valence-corrected chi connectivity index (χ0v) is 18.7. The number of hydrogen-bond acceptors (Lipinski definition) is 2. The predicted octanol–water partition coefficient (Wildman–Crippen LogP) is 7.52. The maximum absolute atomic E-state index is 13.8. The SMILES string of the molecule is O=C(c1ccccc1)C(C(=O)c1ccc(Cl)cc1)C(/C=C/c1ccccc1)c1ccccc1. The minimum atomic E-state index is -0.920. The maximum atomic E-state index is 13.8. The molecule has 2 atom stereocenters. The number of hydrogen-bond donors (Lipinski definition) is 0. The third-order valence-electron chi connectivity index (χ3n) is 5.59. The van der Waals surface area contributed by atoms with Crippen LogP contribution in [0.3, 0.4) is 0 Å². The third kappa shape index (κ3) is 5.54. The Labute approximate surface area is 199 Å². The van der Waals surface area contributed by atoms with Crippen LogP contribution in [0.2, 0.25) is 5.02 Å². The molecule has 0 amide bonds. The monoisotopic (exact) mass is 450 g/mol. The van der Waals surface area contributed by atoms with Crippen LogP contribution in [0.4, 0.5) is 0 Å². The van der Waals surface area contributed by atoms with Crippen LogP contribution < -0.4 is 0 Å². The average molecular weight is 451 g/mol. The van der Waals surface area contributed by atoms with Crippen LogP contribution >= 0.6 is 11.6 Å². The number of halogens is 1. The van der Waals surface area contributed by atoms with Crippen LogP contribution in [-0.4, -0.2) is 11.6 Å². The van der Waals surface area contributed by atoms with Crippen molar-refractivity contribution in [3.05, 3.63) is 149 Å². The number of ketones is 2. The summed E-state index contributed by atoms with van der Waals surface area (Å²) in [5.41, 5.74) is 2.88. The van der Waals surface area contributed by atoms with Crippen molar-refractivity contribution in [2.75, 3.05) is 0 Å². The normalized spacial score (nSPS) is 12.9. The van der Waals surface area contributed by atoms with Crippen molar-refractivity contribution in [1.29, 1.82) is 0 Å². The van der Waals surface area contributed by atoms with Gasteiger partial charge in [-0.15, -0.1) is 0 Å². The van der Waals surface area contributed by atoms with Crippen molar-refractivity contribution in [2.24, 2.45) is 5.92 Å². The molecular weight excluding hydrogens is 428 g/mol. The second-order valence-corrected chi connectivity index (χ2v) is 8.22. The average Bonchev–Trinajstić information content (AvgIpc) is 2.88. The van der Waals surface area contributed by atoms with Gasteiger partial charge in [-0.05, 0) is 35.4 Å². The van der Waals surface area contributed by atoms with Gasteiger partial charge in [0.1, 0.15) is 0 Å². The number of carbonyl (C=O) groups excluding carboxylic acids is 2. The van der Waals surface area contributed by atoms with E-state index in [1.807, 2.05) is 91.0 Å². The molecule has 0 heterocycles. The number of Topliss-reactive ketones (excluding diaryl/α,β-unsaturated/α-hetero) is 2. The van der Waals surface area contributed by atoms with Crippen LogP contribution in [0.5, 0.6) is 0 Å². The van der Waals surface area contributed by atoms with Gasteiger partial charge >= 0.3 is 0 Å². The van der Waals surface area contributed by atoms with E-state index in [1.165, 1.54) is 0 Å². The van der Waals surface area contributed by atoms with Gasteiger partial charge in [-0.1, -0.05) is 115 Å². The van der Waals surface area contributed by atoms with E-state index in [4.69, 9.17) is 11.6 Å². The van der Waals surface area contributed by atoms with E-state index >= 15 is 0 Å². The minimum absolute atomic E-state index is 0.206. The molecule has 0 spiro atoms. The molecule has 4 aromatic carbocycles. The summed E-state index contributed by atoms with van der Waals surface area (Å²) in [6.07, 6.45) is 3.93. The molecule has 0 aliphatic heterocycles. The third-order valence-corrected chi connectivity index (χ3v) is 5.84. The highest BCUT2D eigenvalue weighted by Crippen LogP contribution is 2.33. The maximum Gasteiger partial charge on any atom is 0.174 e. The highest BCUT2D eigenvalue weighted by atomic mass is 35.5. The topological polar surface area (TPSA) is 34.1 Å². The molecule has 2 unspecified atom stereocenters. The van der Waals surface area contributed by atoms with E-state index in [0.717, 1.165) is 11.1 Å². The first kappa shape index (κ1) is 22.4. The molecular formula is C30H23ClO2. The van der Waals surface area contributed by atoms with Gasteiger partial charge in [-0.25, -0.2) is 0 Å². The first-order chi connectivity index (χ1) is 16.1. The minimum Gasteiger partial charge on any atom is -0.293 e. The van der Waals surface area contributed by atoms with Gasteiger partial charge in [-0.3, -0.25) is 9.59 Å². The van der Waals surface area contributed by atoms with Crippen LogP contribution in [0.15, 0.2) is 121 Å². The molecule has 0 aliphatic carbocycles. The lowest BCUT2D eigenvalue weighted by Gasteiger charge is -2.24. The van der Waals surface area contributed by atoms with Gasteiger partial charge in [0.15, 0.2) is 11.6 Å². The first-order valence-electron chi connectivity index (χ1n) is 10.8. The van der Waals surface area contributed by atoms with Crippen molar-refractivity contribution in [3.8, 4) is 0 Å². The largest absolute Gasteiger partial charge is 0.293 e. The summed E-state index contributed by atoms with van der Waals surface area (Å²) in [4.78, 5) is 27.6. The molecule has 3 heteroatoms. The molecule has 0 saturated carbocycles. The summed E-state index contributed by atoms with van der Waals surface area (Å²) in [5, 5.41) is 0.543. The molecule has 0 saturated heterocycles. The summed E-state index contributed by atoms with van der Waals surface area (Å²) in [7, 11) is 0. The Bertz CT molecular complexity index is 1230. The first-order valence-corrected chi connectivity index (χ1v) is 11.2. The molecule has 0 N–H and O–H groups in total. The van der Waals surface area contributed by atoms with Crippen molar-refractivity contribution < 1.29 is 9.59 Å². The van der Waals surface area contributed by atoms with Crippen molar-refractivity contribution >= 4 is 29.2 Å². The molecule has 33 heavy (non-hydrogen) atoms. The Morgan fingerprint density at radius 1 is 0.606 bits per heavy atom. The Morgan fingerprint density at radius 2 is 1.09 bits per heavy atom. The molecule has 162 valence electrons. The zero-order chi connectivity index (χ0) is 23.0. The summed E-state index contributed by atoms with van der Waals surface area (Å²) < 4.78 is 0. The predicted molar refractivity (Wildman–Crippen MR) is 135 cm³/mol. The molecule has 0 fully saturated rings. The van der Waals surface area contributed by atoms with E-state index in [9.17, 15) is 9.59 Å². The lowest BCUT2D eigenvalue weighted by molar-refractivity contribution is 0.0795. The molecule has 0 bridgehead atoms. The summed E-state index contributed by atoms with van der Waals surface area (Å²) in [6, 6.07) is 35.3. The Kier molecular flexibility index (Phi) is 7.29. The highest BCUT2D eigenvalue weighted by Gasteiger charge is 2.35. The summed E-state index contributed by atoms with van der Waals surface area (Å²) in [5.74, 6) is -1.80. The Hall–Kier alpha value is -3.75. The van der Waals surface area contributed by atoms with Crippen LogP contribution in [0.25, 0.3) is 6.08 Å². The van der Waals surface area contributed by atoms with Gasteiger partial charge in [0.2, 0.25) is 0 Å². The van der Waals surface area contributed by atoms with Crippen LogP contribution in [0, 0.1) is 5.92 Å². The van der Waals surface area contributed by atoms with Gasteiger partial charge in [-0.2, -0.15) is 0 Å². The molecule has 4 aromatic rings. The number of allylic oxidation sites excluding steroid dienone is 1. The van der Waals surface area contributed by atoms with E-state index in [-0.39, 0.29) is 11.6 Å².